The van der Waals surface area contributed by atoms with Crippen LogP contribution in [0.4, 0.5) is 19.1 Å². The van der Waals surface area contributed by atoms with Crippen molar-refractivity contribution < 1.29 is 26.1 Å². The molecule has 0 unspecified atom stereocenters. The predicted molar refractivity (Wildman–Crippen MR) is 68.4 cm³/mol. The molecule has 1 aromatic heterocycles. The quantitative estimate of drug-likeness (QED) is 0.850. The summed E-state index contributed by atoms with van der Waals surface area (Å²) < 4.78 is 67.6. The van der Waals surface area contributed by atoms with Gasteiger partial charge in [-0.2, -0.15) is 21.6 Å². The number of nitrogens with zero attached hydrogens (tertiary/aromatic N) is 3. The minimum Gasteiger partial charge on any atom is -0.341 e. The lowest BCUT2D eigenvalue weighted by atomic mass is 9.99. The Morgan fingerprint density at radius 1 is 1.24 bits per heavy atom. The molecule has 6 nitrogen and oxygen atoms in total. The molecule has 0 aromatic carbocycles. The first-order valence-electron chi connectivity index (χ1n) is 6.24. The van der Waals surface area contributed by atoms with Gasteiger partial charge in [0.25, 0.3) is 10.1 Å². The van der Waals surface area contributed by atoms with Gasteiger partial charge >= 0.3 is 6.18 Å². The topological polar surface area (TPSA) is 83.4 Å². The van der Waals surface area contributed by atoms with Crippen molar-refractivity contribution in [3.63, 3.8) is 0 Å². The third-order valence-electron chi connectivity index (χ3n) is 3.31. The largest absolute Gasteiger partial charge is 0.419 e. The average Bonchev–Trinajstić information content (AvgIpc) is 2.37. The van der Waals surface area contributed by atoms with Crippen molar-refractivity contribution in [2.45, 2.75) is 19.0 Å². The van der Waals surface area contributed by atoms with Crippen LogP contribution in [-0.2, 0) is 16.3 Å². The number of rotatable bonds is 3. The Balaban J connectivity index is 1.96. The molecule has 0 radical (unpaired) electrons. The third-order valence-corrected chi connectivity index (χ3v) is 4.20. The van der Waals surface area contributed by atoms with Crippen LogP contribution >= 0.6 is 0 Å². The Morgan fingerprint density at radius 3 is 2.19 bits per heavy atom. The lowest BCUT2D eigenvalue weighted by molar-refractivity contribution is -0.138. The molecule has 1 N–H and O–H groups in total. The molecule has 0 saturated carbocycles. The fourth-order valence-electron chi connectivity index (χ4n) is 2.23. The van der Waals surface area contributed by atoms with E-state index >= 15 is 0 Å². The molecule has 118 valence electrons. The van der Waals surface area contributed by atoms with Crippen LogP contribution in [0.25, 0.3) is 0 Å². The van der Waals surface area contributed by atoms with Crippen molar-refractivity contribution in [2.75, 3.05) is 23.7 Å². The van der Waals surface area contributed by atoms with Gasteiger partial charge in [0.1, 0.15) is 0 Å². The Labute approximate surface area is 119 Å². The first-order chi connectivity index (χ1) is 9.65. The second kappa shape index (κ2) is 5.76. The second-order valence-corrected chi connectivity index (χ2v) is 6.45. The van der Waals surface area contributed by atoms with Crippen molar-refractivity contribution in [1.29, 1.82) is 0 Å². The van der Waals surface area contributed by atoms with E-state index in [0.29, 0.717) is 25.9 Å². The lowest BCUT2D eigenvalue weighted by Crippen LogP contribution is -2.36. The minimum atomic E-state index is -4.47. The zero-order chi connectivity index (χ0) is 15.7. The molecule has 0 aliphatic carbocycles. The van der Waals surface area contributed by atoms with Crippen LogP contribution in [0, 0.1) is 5.92 Å². The molecule has 0 amide bonds. The predicted octanol–water partition coefficient (Wildman–Crippen LogP) is 1.60. The van der Waals surface area contributed by atoms with E-state index < -0.39 is 21.9 Å². The summed E-state index contributed by atoms with van der Waals surface area (Å²) in [4.78, 5) is 9.09. The van der Waals surface area contributed by atoms with E-state index in [-0.39, 0.29) is 17.6 Å². The maximum Gasteiger partial charge on any atom is 0.419 e. The molecule has 2 rings (SSSR count). The van der Waals surface area contributed by atoms with Crippen molar-refractivity contribution >= 4 is 16.1 Å². The first kappa shape index (κ1) is 16.0. The molecule has 21 heavy (non-hydrogen) atoms. The second-order valence-electron chi connectivity index (χ2n) is 4.95. The molecule has 10 heteroatoms. The van der Waals surface area contributed by atoms with Gasteiger partial charge in [-0.25, -0.2) is 9.97 Å². The normalized spacial score (nSPS) is 18.0. The van der Waals surface area contributed by atoms with Gasteiger partial charge in [0.15, 0.2) is 0 Å². The van der Waals surface area contributed by atoms with Gasteiger partial charge in [-0.3, -0.25) is 4.55 Å². The Kier molecular flexibility index (Phi) is 4.38. The van der Waals surface area contributed by atoms with Crippen molar-refractivity contribution in [3.8, 4) is 0 Å². The highest BCUT2D eigenvalue weighted by molar-refractivity contribution is 7.85. The van der Waals surface area contributed by atoms with Gasteiger partial charge in [-0.05, 0) is 18.8 Å². The van der Waals surface area contributed by atoms with Crippen LogP contribution in [0.1, 0.15) is 18.4 Å². The molecular formula is C11H14F3N3O3S. The fourth-order valence-corrected chi connectivity index (χ4v) is 3.16. The number of halogens is 3. The maximum absolute atomic E-state index is 12.4. The molecule has 2 heterocycles. The summed E-state index contributed by atoms with van der Waals surface area (Å²) in [6, 6.07) is 0. The Hall–Kier alpha value is -1.42. The fraction of sp³-hybridized carbons (Fsp3) is 0.636. The highest BCUT2D eigenvalue weighted by Gasteiger charge is 2.32. The van der Waals surface area contributed by atoms with E-state index in [0.717, 1.165) is 12.4 Å². The molecular weight excluding hydrogens is 311 g/mol. The third kappa shape index (κ3) is 4.53. The van der Waals surface area contributed by atoms with Crippen molar-refractivity contribution in [3.05, 3.63) is 18.0 Å². The van der Waals surface area contributed by atoms with E-state index in [1.54, 1.807) is 4.90 Å². The summed E-state index contributed by atoms with van der Waals surface area (Å²) >= 11 is 0. The molecule has 1 saturated heterocycles. The lowest BCUT2D eigenvalue weighted by Gasteiger charge is -2.31. The zero-order valence-electron chi connectivity index (χ0n) is 10.9. The highest BCUT2D eigenvalue weighted by atomic mass is 32.2. The SMILES string of the molecule is O=S(=O)(O)CC1CCN(c2ncc(C(F)(F)F)cn2)CC1. The van der Waals surface area contributed by atoms with Crippen molar-refractivity contribution in [2.24, 2.45) is 5.92 Å². The molecule has 1 aliphatic rings. The molecule has 0 spiro atoms. The van der Waals surface area contributed by atoms with Crippen LogP contribution in [0.15, 0.2) is 12.4 Å². The number of aromatic nitrogens is 2. The maximum atomic E-state index is 12.4. The Morgan fingerprint density at radius 2 is 1.76 bits per heavy atom. The van der Waals surface area contributed by atoms with Crippen LogP contribution in [-0.4, -0.2) is 41.8 Å². The minimum absolute atomic E-state index is 0.161. The Bertz CT molecular complexity index is 581. The molecule has 0 atom stereocenters. The smallest absolute Gasteiger partial charge is 0.341 e. The van der Waals surface area contributed by atoms with Gasteiger partial charge in [0.2, 0.25) is 5.95 Å². The van der Waals surface area contributed by atoms with E-state index in [4.69, 9.17) is 4.55 Å². The zero-order valence-corrected chi connectivity index (χ0v) is 11.7. The summed E-state index contributed by atoms with van der Waals surface area (Å²) in [5.41, 5.74) is -0.910. The number of anilines is 1. The van der Waals surface area contributed by atoms with E-state index in [1.165, 1.54) is 0 Å². The van der Waals surface area contributed by atoms with Gasteiger partial charge in [-0.1, -0.05) is 0 Å². The summed E-state index contributed by atoms with van der Waals surface area (Å²) in [6.07, 6.45) is -2.01. The van der Waals surface area contributed by atoms with Crippen molar-refractivity contribution in [1.82, 2.24) is 9.97 Å². The number of hydrogen-bond donors (Lipinski definition) is 1. The number of alkyl halides is 3. The van der Waals surface area contributed by atoms with Gasteiger partial charge in [0.05, 0.1) is 11.3 Å². The summed E-state index contributed by atoms with van der Waals surface area (Å²) in [5.74, 6) is -0.270. The standard InChI is InChI=1S/C11H14F3N3O3S/c12-11(13,14)9-5-15-10(16-6-9)17-3-1-8(2-4-17)7-21(18,19)20/h5-6,8H,1-4,7H2,(H,18,19,20). The molecule has 1 aliphatic heterocycles. The van der Waals surface area contributed by atoms with Crippen LogP contribution in [0.3, 0.4) is 0 Å². The summed E-state index contributed by atoms with van der Waals surface area (Å²) in [7, 11) is -4.00. The monoisotopic (exact) mass is 325 g/mol. The van der Waals surface area contributed by atoms with Gasteiger partial charge in [0, 0.05) is 25.5 Å². The van der Waals surface area contributed by atoms with E-state index in [1.807, 2.05) is 0 Å². The van der Waals surface area contributed by atoms with Gasteiger partial charge in [-0.15, -0.1) is 0 Å². The average molecular weight is 325 g/mol. The summed E-state index contributed by atoms with van der Waals surface area (Å²) in [5, 5.41) is 0. The van der Waals surface area contributed by atoms with E-state index in [2.05, 4.69) is 9.97 Å². The highest BCUT2D eigenvalue weighted by Crippen LogP contribution is 2.29. The van der Waals surface area contributed by atoms with Crippen LogP contribution in [0.2, 0.25) is 0 Å². The van der Waals surface area contributed by atoms with Crippen LogP contribution in [0.5, 0.6) is 0 Å². The molecule has 1 fully saturated rings. The van der Waals surface area contributed by atoms with Gasteiger partial charge < -0.3 is 4.90 Å². The van der Waals surface area contributed by atoms with E-state index in [9.17, 15) is 21.6 Å². The molecule has 1 aromatic rings. The molecule has 0 bridgehead atoms. The van der Waals surface area contributed by atoms with Crippen LogP contribution < -0.4 is 4.90 Å². The summed E-state index contributed by atoms with van der Waals surface area (Å²) in [6.45, 7) is 0.872. The number of piperidine rings is 1. The first-order valence-corrected chi connectivity index (χ1v) is 7.85. The number of hydrogen-bond acceptors (Lipinski definition) is 5.